The lowest BCUT2D eigenvalue weighted by Gasteiger charge is -2.14. The summed E-state index contributed by atoms with van der Waals surface area (Å²) in [6.45, 7) is 3.20. The third-order valence-electron chi connectivity index (χ3n) is 4.34. The second-order valence-electron chi connectivity index (χ2n) is 6.52. The van der Waals surface area contributed by atoms with Gasteiger partial charge in [-0.25, -0.2) is 9.37 Å². The number of phenolic OH excluding ortho intramolecular Hbond substituents is 1. The third-order valence-corrected chi connectivity index (χ3v) is 4.65. The molecule has 0 saturated heterocycles. The Morgan fingerprint density at radius 2 is 2.00 bits per heavy atom. The highest BCUT2D eigenvalue weighted by Crippen LogP contribution is 2.36. The highest BCUT2D eigenvalue weighted by Gasteiger charge is 2.15. The maximum absolute atomic E-state index is 14.5. The van der Waals surface area contributed by atoms with Crippen LogP contribution in [0, 0.1) is 12.7 Å². The van der Waals surface area contributed by atoms with Crippen molar-refractivity contribution in [1.82, 2.24) is 4.98 Å². The predicted octanol–water partition coefficient (Wildman–Crippen LogP) is 5.67. The van der Waals surface area contributed by atoms with Crippen molar-refractivity contribution in [2.45, 2.75) is 13.3 Å². The van der Waals surface area contributed by atoms with Crippen LogP contribution >= 0.6 is 11.6 Å². The molecule has 0 amide bonds. The number of hydrogen-bond donors (Lipinski definition) is 2. The second-order valence-corrected chi connectivity index (χ2v) is 6.92. The van der Waals surface area contributed by atoms with Gasteiger partial charge < -0.3 is 15.2 Å². The summed E-state index contributed by atoms with van der Waals surface area (Å²) < 4.78 is 19.6. The van der Waals surface area contributed by atoms with Crippen LogP contribution in [0.1, 0.15) is 12.0 Å². The van der Waals surface area contributed by atoms with Crippen LogP contribution in [0.5, 0.6) is 5.75 Å². The number of methoxy groups -OCH3 is 1. The Bertz CT molecular complexity index is 958. The number of aromatic nitrogens is 1. The van der Waals surface area contributed by atoms with Gasteiger partial charge in [0.25, 0.3) is 0 Å². The number of nitrogens with one attached hydrogen (secondary N) is 1. The number of anilines is 1. The monoisotopic (exact) mass is 400 g/mol. The third kappa shape index (κ3) is 4.61. The Labute approximate surface area is 169 Å². The van der Waals surface area contributed by atoms with Crippen LogP contribution in [0.25, 0.3) is 22.4 Å². The first-order valence-corrected chi connectivity index (χ1v) is 9.36. The molecule has 0 aliphatic rings. The highest BCUT2D eigenvalue weighted by atomic mass is 35.5. The molecule has 0 radical (unpaired) electrons. The number of ether oxygens (including phenoxy) is 1. The van der Waals surface area contributed by atoms with Gasteiger partial charge in [-0.05, 0) is 55.3 Å². The summed E-state index contributed by atoms with van der Waals surface area (Å²) in [6.07, 6.45) is 0.799. The fourth-order valence-electron chi connectivity index (χ4n) is 2.97. The molecule has 1 heterocycles. The molecule has 0 aliphatic carbocycles. The Kier molecular flexibility index (Phi) is 6.49. The predicted molar refractivity (Wildman–Crippen MR) is 111 cm³/mol. The first-order valence-electron chi connectivity index (χ1n) is 8.99. The standard InChI is InChI=1S/C22H22ClFN2O2/c1-14-7-8-20(27)16(11-14)19-12-15(22-17(23)5-3-6-18(22)24)13-21(26-19)25-9-4-10-28-2/h3,5-8,11-13,27H,4,9-10H2,1-2H3,(H,25,26). The average molecular weight is 401 g/mol. The summed E-state index contributed by atoms with van der Waals surface area (Å²) in [4.78, 5) is 4.61. The number of phenols is 1. The zero-order chi connectivity index (χ0) is 20.1. The van der Waals surface area contributed by atoms with Gasteiger partial charge in [0, 0.05) is 31.4 Å². The lowest BCUT2D eigenvalue weighted by molar-refractivity contribution is 0.198. The first kappa shape index (κ1) is 20.1. The molecule has 0 unspecified atom stereocenters. The molecule has 2 N–H and O–H groups in total. The van der Waals surface area contributed by atoms with Gasteiger partial charge in [0.05, 0.1) is 10.7 Å². The van der Waals surface area contributed by atoms with Gasteiger partial charge in [-0.15, -0.1) is 0 Å². The summed E-state index contributed by atoms with van der Waals surface area (Å²) in [5.41, 5.74) is 2.99. The van der Waals surface area contributed by atoms with Crippen LogP contribution in [-0.2, 0) is 4.74 Å². The number of aromatic hydroxyl groups is 1. The van der Waals surface area contributed by atoms with Crippen molar-refractivity contribution in [2.75, 3.05) is 25.6 Å². The summed E-state index contributed by atoms with van der Waals surface area (Å²) >= 11 is 6.27. The molecule has 3 aromatic rings. The molecule has 0 saturated carbocycles. The minimum Gasteiger partial charge on any atom is -0.507 e. The van der Waals surface area contributed by atoms with E-state index in [-0.39, 0.29) is 5.75 Å². The van der Waals surface area contributed by atoms with Crippen molar-refractivity contribution >= 4 is 17.4 Å². The zero-order valence-corrected chi connectivity index (χ0v) is 16.6. The quantitative estimate of drug-likeness (QED) is 0.501. The van der Waals surface area contributed by atoms with Crippen LogP contribution < -0.4 is 5.32 Å². The topological polar surface area (TPSA) is 54.4 Å². The largest absolute Gasteiger partial charge is 0.507 e. The normalized spacial score (nSPS) is 10.9. The maximum Gasteiger partial charge on any atom is 0.132 e. The minimum absolute atomic E-state index is 0.111. The summed E-state index contributed by atoms with van der Waals surface area (Å²) in [5.74, 6) is 0.271. The van der Waals surface area contributed by atoms with Crippen LogP contribution in [-0.4, -0.2) is 30.4 Å². The fraction of sp³-hybridized carbons (Fsp3) is 0.227. The van der Waals surface area contributed by atoms with Crippen molar-refractivity contribution in [3.8, 4) is 28.1 Å². The molecule has 28 heavy (non-hydrogen) atoms. The molecule has 0 atom stereocenters. The molecule has 146 valence electrons. The van der Waals surface area contributed by atoms with E-state index in [0.717, 1.165) is 12.0 Å². The van der Waals surface area contributed by atoms with E-state index in [1.165, 1.54) is 6.07 Å². The van der Waals surface area contributed by atoms with Gasteiger partial charge in [-0.1, -0.05) is 29.3 Å². The molecule has 6 heteroatoms. The average Bonchev–Trinajstić information content (AvgIpc) is 2.67. The van der Waals surface area contributed by atoms with Crippen molar-refractivity contribution in [1.29, 1.82) is 0 Å². The van der Waals surface area contributed by atoms with Gasteiger partial charge in [-0.3, -0.25) is 0 Å². The van der Waals surface area contributed by atoms with Crippen LogP contribution in [0.4, 0.5) is 10.2 Å². The number of pyridine rings is 1. The van der Waals surface area contributed by atoms with Crippen LogP contribution in [0.3, 0.4) is 0 Å². The minimum atomic E-state index is -0.413. The van der Waals surface area contributed by atoms with E-state index in [9.17, 15) is 9.50 Å². The van der Waals surface area contributed by atoms with Crippen molar-refractivity contribution in [2.24, 2.45) is 0 Å². The number of rotatable bonds is 7. The van der Waals surface area contributed by atoms with E-state index in [0.29, 0.717) is 46.4 Å². The second kappa shape index (κ2) is 9.04. The Morgan fingerprint density at radius 3 is 2.75 bits per heavy atom. The number of benzene rings is 2. The van der Waals surface area contributed by atoms with Crippen molar-refractivity contribution in [3.05, 3.63) is 64.9 Å². The molecule has 0 bridgehead atoms. The summed E-state index contributed by atoms with van der Waals surface area (Å²) in [6, 6.07) is 13.4. The number of halogens is 2. The first-order chi connectivity index (χ1) is 13.5. The molecule has 0 spiro atoms. The van der Waals surface area contributed by atoms with E-state index in [1.807, 2.05) is 19.1 Å². The number of aryl methyl sites for hydroxylation is 1. The zero-order valence-electron chi connectivity index (χ0n) is 15.8. The van der Waals surface area contributed by atoms with Crippen LogP contribution in [0.15, 0.2) is 48.5 Å². The van der Waals surface area contributed by atoms with E-state index in [2.05, 4.69) is 10.3 Å². The lowest BCUT2D eigenvalue weighted by atomic mass is 10.0. The highest BCUT2D eigenvalue weighted by molar-refractivity contribution is 6.33. The Morgan fingerprint density at radius 1 is 1.18 bits per heavy atom. The summed E-state index contributed by atoms with van der Waals surface area (Å²) in [7, 11) is 1.65. The van der Waals surface area contributed by atoms with Crippen LogP contribution in [0.2, 0.25) is 5.02 Å². The molecule has 0 fully saturated rings. The van der Waals surface area contributed by atoms with Gasteiger partial charge in [0.15, 0.2) is 0 Å². The van der Waals surface area contributed by atoms with Crippen molar-refractivity contribution < 1.29 is 14.2 Å². The number of nitrogens with zero attached hydrogens (tertiary/aromatic N) is 1. The smallest absolute Gasteiger partial charge is 0.132 e. The lowest BCUT2D eigenvalue weighted by Crippen LogP contribution is -2.07. The Hall–Kier alpha value is -2.63. The molecular weight excluding hydrogens is 379 g/mol. The van der Waals surface area contributed by atoms with E-state index in [1.54, 1.807) is 37.4 Å². The van der Waals surface area contributed by atoms with E-state index < -0.39 is 5.82 Å². The van der Waals surface area contributed by atoms with Gasteiger partial charge in [-0.2, -0.15) is 0 Å². The maximum atomic E-state index is 14.5. The van der Waals surface area contributed by atoms with Gasteiger partial charge >= 0.3 is 0 Å². The van der Waals surface area contributed by atoms with Gasteiger partial charge in [0.2, 0.25) is 0 Å². The van der Waals surface area contributed by atoms with E-state index in [4.69, 9.17) is 16.3 Å². The molecule has 4 nitrogen and oxygen atoms in total. The fourth-order valence-corrected chi connectivity index (χ4v) is 3.24. The molecule has 3 rings (SSSR count). The Balaban J connectivity index is 2.10. The molecule has 1 aromatic heterocycles. The SMILES string of the molecule is COCCCNc1cc(-c2c(F)cccc2Cl)cc(-c2cc(C)ccc2O)n1. The molecule has 2 aromatic carbocycles. The number of hydrogen-bond acceptors (Lipinski definition) is 4. The van der Waals surface area contributed by atoms with Crippen molar-refractivity contribution in [3.63, 3.8) is 0 Å². The molecule has 0 aliphatic heterocycles. The van der Waals surface area contributed by atoms with E-state index >= 15 is 0 Å². The molecular formula is C22H22ClFN2O2. The van der Waals surface area contributed by atoms with Gasteiger partial charge in [0.1, 0.15) is 17.4 Å². The summed E-state index contributed by atoms with van der Waals surface area (Å²) in [5, 5.41) is 13.9.